The normalized spacial score (nSPS) is 14.9. The van der Waals surface area contributed by atoms with Crippen molar-refractivity contribution in [3.8, 4) is 22.3 Å². The molecule has 0 N–H and O–H groups in total. The Balaban J connectivity index is 1.64. The van der Waals surface area contributed by atoms with Crippen molar-refractivity contribution >= 4 is 26.7 Å². The van der Waals surface area contributed by atoms with Gasteiger partial charge in [0.05, 0.1) is 22.3 Å². The van der Waals surface area contributed by atoms with Crippen LogP contribution in [0.5, 0.6) is 0 Å². The number of hydrogen-bond acceptors (Lipinski definition) is 5. The molecule has 190 valence electrons. The highest BCUT2D eigenvalue weighted by Crippen LogP contribution is 2.49. The predicted molar refractivity (Wildman–Crippen MR) is 148 cm³/mol. The largest absolute Gasteiger partial charge is 0.465 e. The summed E-state index contributed by atoms with van der Waals surface area (Å²) in [6, 6.07) is 23.9. The van der Waals surface area contributed by atoms with E-state index in [-0.39, 0.29) is 5.97 Å². The summed E-state index contributed by atoms with van der Waals surface area (Å²) in [6.07, 6.45) is 4.65. The van der Waals surface area contributed by atoms with E-state index >= 15 is 0 Å². The molecular weight excluding hydrogens is 482 g/mol. The van der Waals surface area contributed by atoms with Crippen LogP contribution in [0, 0.1) is 0 Å². The van der Waals surface area contributed by atoms with Crippen LogP contribution in [-0.4, -0.2) is 32.2 Å². The average Bonchev–Trinajstić information content (AvgIpc) is 3.70. The number of aromatic nitrogens is 1. The van der Waals surface area contributed by atoms with Gasteiger partial charge in [-0.3, -0.25) is 9.78 Å². The Morgan fingerprint density at radius 2 is 1.62 bits per heavy atom. The van der Waals surface area contributed by atoms with Gasteiger partial charge in [-0.2, -0.15) is 0 Å². The van der Waals surface area contributed by atoms with Crippen molar-refractivity contribution in [3.63, 3.8) is 0 Å². The minimum Gasteiger partial charge on any atom is -0.465 e. The van der Waals surface area contributed by atoms with Gasteiger partial charge >= 0.3 is 5.97 Å². The molecule has 1 aliphatic rings. The van der Waals surface area contributed by atoms with Gasteiger partial charge in [0.2, 0.25) is 0 Å². The molecular formula is C31H31NO4S. The lowest BCUT2D eigenvalue weighted by Crippen LogP contribution is -2.28. The van der Waals surface area contributed by atoms with Crippen LogP contribution in [0.3, 0.4) is 0 Å². The van der Waals surface area contributed by atoms with E-state index < -0.39 is 20.0 Å². The maximum absolute atomic E-state index is 12.7. The molecule has 4 aromatic rings. The van der Waals surface area contributed by atoms with Crippen LogP contribution in [0.1, 0.15) is 44.7 Å². The molecule has 5 nitrogen and oxygen atoms in total. The maximum atomic E-state index is 12.7. The Labute approximate surface area is 218 Å². The Kier molecular flexibility index (Phi) is 6.19. The molecule has 0 aliphatic heterocycles. The minimum absolute atomic E-state index is 0.147. The van der Waals surface area contributed by atoms with Gasteiger partial charge in [0.1, 0.15) is 0 Å². The van der Waals surface area contributed by atoms with Crippen LogP contribution in [0.4, 0.5) is 0 Å². The number of carbonyl (C=O) groups is 1. The molecule has 0 bridgehead atoms. The number of sulfone groups is 1. The fraction of sp³-hybridized carbons (Fsp3) is 0.290. The molecule has 0 unspecified atom stereocenters. The zero-order chi connectivity index (χ0) is 26.4. The van der Waals surface area contributed by atoms with Crippen molar-refractivity contribution in [1.82, 2.24) is 4.98 Å². The maximum Gasteiger partial charge on any atom is 0.316 e. The minimum atomic E-state index is -3.37. The van der Waals surface area contributed by atoms with Gasteiger partial charge in [-0.15, -0.1) is 0 Å². The molecule has 5 rings (SSSR count). The van der Waals surface area contributed by atoms with E-state index in [4.69, 9.17) is 4.74 Å². The molecule has 1 heterocycles. The van der Waals surface area contributed by atoms with E-state index in [2.05, 4.69) is 11.1 Å². The van der Waals surface area contributed by atoms with Crippen LogP contribution in [0.15, 0.2) is 79.0 Å². The van der Waals surface area contributed by atoms with E-state index in [1.165, 1.54) is 6.26 Å². The molecule has 1 saturated carbocycles. The summed E-state index contributed by atoms with van der Waals surface area (Å²) in [5.41, 5.74) is 5.88. The molecule has 1 aromatic heterocycles. The molecule has 3 aromatic carbocycles. The molecule has 1 fully saturated rings. The number of benzene rings is 3. The zero-order valence-corrected chi connectivity index (χ0v) is 22.4. The van der Waals surface area contributed by atoms with Crippen LogP contribution in [0.2, 0.25) is 0 Å². The highest BCUT2D eigenvalue weighted by molar-refractivity contribution is 7.91. The average molecular weight is 514 g/mol. The van der Waals surface area contributed by atoms with Crippen LogP contribution in [-0.2, 0) is 29.5 Å². The number of fused-ring (bicyclic) bond motifs is 1. The number of pyridine rings is 1. The molecule has 6 heteroatoms. The molecule has 0 radical (unpaired) electrons. The summed E-state index contributed by atoms with van der Waals surface area (Å²) in [5, 5.41) is 0.891. The first-order valence-corrected chi connectivity index (χ1v) is 14.4. The number of hydrogen-bond donors (Lipinski definition) is 0. The van der Waals surface area contributed by atoms with Crippen molar-refractivity contribution in [3.05, 3.63) is 90.1 Å². The summed E-state index contributed by atoms with van der Waals surface area (Å²) in [5.74, 6) is -0.147. The standard InChI is InChI=1S/C31H31NO4S/c1-5-36-29(33)31(16-17-31)23-14-12-21(13-15-23)25-10-6-7-11-26(25)27-20-24(30(2,3)37(4,34)35)19-22-9-8-18-32-28(22)27/h6-15,18-20H,5,16-17H2,1-4H3. The van der Waals surface area contributed by atoms with Crippen molar-refractivity contribution in [2.75, 3.05) is 12.9 Å². The van der Waals surface area contributed by atoms with E-state index in [0.717, 1.165) is 57.1 Å². The van der Waals surface area contributed by atoms with Crippen molar-refractivity contribution < 1.29 is 17.9 Å². The second-order valence-corrected chi connectivity index (χ2v) is 12.9. The highest BCUT2D eigenvalue weighted by Gasteiger charge is 2.52. The van der Waals surface area contributed by atoms with E-state index in [0.29, 0.717) is 6.61 Å². The topological polar surface area (TPSA) is 73.3 Å². The Hall–Kier alpha value is -3.51. The van der Waals surface area contributed by atoms with Crippen molar-refractivity contribution in [2.24, 2.45) is 0 Å². The number of ether oxygens (including phenoxy) is 1. The summed E-state index contributed by atoms with van der Waals surface area (Å²) in [4.78, 5) is 17.2. The van der Waals surface area contributed by atoms with Gasteiger partial charge in [0, 0.05) is 23.4 Å². The lowest BCUT2D eigenvalue weighted by molar-refractivity contribution is -0.146. The first-order chi connectivity index (χ1) is 17.6. The second-order valence-electron chi connectivity index (χ2n) is 10.3. The van der Waals surface area contributed by atoms with E-state index in [1.807, 2.05) is 73.7 Å². The lowest BCUT2D eigenvalue weighted by Gasteiger charge is -2.25. The van der Waals surface area contributed by atoms with Crippen LogP contribution in [0.25, 0.3) is 33.2 Å². The van der Waals surface area contributed by atoms with Gasteiger partial charge in [0.25, 0.3) is 0 Å². The molecule has 1 aliphatic carbocycles. The smallest absolute Gasteiger partial charge is 0.316 e. The summed E-state index contributed by atoms with van der Waals surface area (Å²) in [7, 11) is -3.37. The van der Waals surface area contributed by atoms with Crippen LogP contribution < -0.4 is 0 Å². The SMILES string of the molecule is CCOC(=O)C1(c2ccc(-c3ccccc3-c3cc(C(C)(C)S(C)(=O)=O)cc4cccnc34)cc2)CC1. The number of carbonyl (C=O) groups excluding carboxylic acids is 1. The number of esters is 1. The van der Waals surface area contributed by atoms with Gasteiger partial charge in [-0.1, -0.05) is 54.6 Å². The zero-order valence-electron chi connectivity index (χ0n) is 21.6. The quantitative estimate of drug-likeness (QED) is 0.266. The van der Waals surface area contributed by atoms with E-state index in [1.54, 1.807) is 20.0 Å². The number of rotatable bonds is 7. The molecule has 37 heavy (non-hydrogen) atoms. The molecule has 0 saturated heterocycles. The third-order valence-corrected chi connectivity index (χ3v) is 9.80. The molecule has 0 amide bonds. The fourth-order valence-electron chi connectivity index (χ4n) is 4.90. The lowest BCUT2D eigenvalue weighted by atomic mass is 9.88. The van der Waals surface area contributed by atoms with Crippen LogP contribution >= 0.6 is 0 Å². The van der Waals surface area contributed by atoms with Gasteiger partial charge < -0.3 is 4.74 Å². The van der Waals surface area contributed by atoms with Crippen molar-refractivity contribution in [1.29, 1.82) is 0 Å². The summed E-state index contributed by atoms with van der Waals surface area (Å²) in [6.45, 7) is 5.69. The Morgan fingerprint density at radius 1 is 0.946 bits per heavy atom. The third kappa shape index (κ3) is 4.33. The molecule has 0 spiro atoms. The van der Waals surface area contributed by atoms with Crippen molar-refractivity contribution in [2.45, 2.75) is 43.8 Å². The summed E-state index contributed by atoms with van der Waals surface area (Å²) < 4.78 is 29.6. The fourth-order valence-corrected chi connectivity index (χ4v) is 5.45. The second kappa shape index (κ2) is 9.10. The van der Waals surface area contributed by atoms with Gasteiger partial charge in [-0.05, 0) is 79.6 Å². The third-order valence-electron chi connectivity index (χ3n) is 7.71. The highest BCUT2D eigenvalue weighted by atomic mass is 32.2. The number of nitrogens with zero attached hydrogens (tertiary/aromatic N) is 1. The first kappa shape index (κ1) is 25.2. The Morgan fingerprint density at radius 3 is 2.24 bits per heavy atom. The Bertz CT molecular complexity index is 1600. The van der Waals surface area contributed by atoms with Gasteiger partial charge in [0.15, 0.2) is 9.84 Å². The predicted octanol–water partition coefficient (Wildman–Crippen LogP) is 6.44. The van der Waals surface area contributed by atoms with Gasteiger partial charge in [-0.25, -0.2) is 8.42 Å². The monoisotopic (exact) mass is 513 g/mol. The summed E-state index contributed by atoms with van der Waals surface area (Å²) >= 11 is 0. The molecule has 0 atom stereocenters. The first-order valence-electron chi connectivity index (χ1n) is 12.5. The van der Waals surface area contributed by atoms with E-state index in [9.17, 15) is 13.2 Å².